The molecule has 0 atom stereocenters. The largest absolute Gasteiger partial charge is 0.422 e. The van der Waals surface area contributed by atoms with Crippen molar-refractivity contribution in [3.63, 3.8) is 0 Å². The number of thiocarbonyl (C=S) groups is 1. The van der Waals surface area contributed by atoms with Crippen LogP contribution in [-0.2, 0) is 0 Å². The van der Waals surface area contributed by atoms with E-state index in [1.165, 1.54) is 11.3 Å². The molecule has 3 aromatic carbocycles. The van der Waals surface area contributed by atoms with E-state index in [1.54, 1.807) is 36.5 Å². The SMILES string of the molecule is O=C(Oc1cccc(/C=N\NC(=S)Nc2cccc(Cl)c2)c1)c1sc2ccccc2c1Cl. The molecule has 0 radical (unpaired) electrons. The molecule has 0 spiro atoms. The number of esters is 1. The van der Waals surface area contributed by atoms with Gasteiger partial charge in [-0.3, -0.25) is 5.43 Å². The van der Waals surface area contributed by atoms with Gasteiger partial charge in [-0.15, -0.1) is 11.3 Å². The molecule has 0 aliphatic rings. The number of nitrogens with zero attached hydrogens (tertiary/aromatic N) is 1. The first kappa shape index (κ1) is 22.2. The number of hydrazone groups is 1. The van der Waals surface area contributed by atoms with Gasteiger partial charge in [-0.2, -0.15) is 5.10 Å². The molecule has 1 heterocycles. The Kier molecular flexibility index (Phi) is 7.02. The van der Waals surface area contributed by atoms with Crippen molar-refractivity contribution in [2.45, 2.75) is 0 Å². The summed E-state index contributed by atoms with van der Waals surface area (Å²) in [6.45, 7) is 0. The van der Waals surface area contributed by atoms with E-state index in [0.717, 1.165) is 21.3 Å². The second kappa shape index (κ2) is 10.1. The van der Waals surface area contributed by atoms with Crippen molar-refractivity contribution in [3.05, 3.63) is 93.3 Å². The van der Waals surface area contributed by atoms with Gasteiger partial charge in [0.05, 0.1) is 11.2 Å². The first-order valence-electron chi connectivity index (χ1n) is 9.34. The zero-order valence-electron chi connectivity index (χ0n) is 16.3. The van der Waals surface area contributed by atoms with Crippen molar-refractivity contribution in [1.82, 2.24) is 5.43 Å². The summed E-state index contributed by atoms with van der Waals surface area (Å²) in [5.74, 6) is -0.123. The van der Waals surface area contributed by atoms with Gasteiger partial charge in [-0.25, -0.2) is 4.79 Å². The van der Waals surface area contributed by atoms with E-state index in [2.05, 4.69) is 15.8 Å². The van der Waals surface area contributed by atoms with Crippen LogP contribution in [0, 0.1) is 0 Å². The van der Waals surface area contributed by atoms with Gasteiger partial charge in [0.15, 0.2) is 5.11 Å². The van der Waals surface area contributed by atoms with Gasteiger partial charge in [0.2, 0.25) is 0 Å². The molecular weight excluding hydrogens is 485 g/mol. The van der Waals surface area contributed by atoms with Crippen molar-refractivity contribution < 1.29 is 9.53 Å². The Labute approximate surface area is 203 Å². The lowest BCUT2D eigenvalue weighted by atomic mass is 10.2. The molecule has 0 saturated heterocycles. The third kappa shape index (κ3) is 5.44. The molecule has 0 saturated carbocycles. The van der Waals surface area contributed by atoms with Crippen LogP contribution in [0.5, 0.6) is 5.75 Å². The summed E-state index contributed by atoms with van der Waals surface area (Å²) < 4.78 is 6.45. The first-order valence-corrected chi connectivity index (χ1v) is 11.3. The fourth-order valence-corrected chi connectivity index (χ4v) is 4.59. The second-order valence-corrected chi connectivity index (χ2v) is 8.81. The highest BCUT2D eigenvalue weighted by atomic mass is 35.5. The molecule has 0 amide bonds. The molecular formula is C23H15Cl2N3O2S2. The third-order valence-electron chi connectivity index (χ3n) is 4.25. The molecule has 160 valence electrons. The summed E-state index contributed by atoms with van der Waals surface area (Å²) in [4.78, 5) is 13.0. The molecule has 9 heteroatoms. The lowest BCUT2D eigenvalue weighted by molar-refractivity contribution is 0.0740. The smallest absolute Gasteiger partial charge is 0.355 e. The lowest BCUT2D eigenvalue weighted by Crippen LogP contribution is -2.23. The Bertz CT molecular complexity index is 1340. The van der Waals surface area contributed by atoms with Gasteiger partial charge in [-0.1, -0.05) is 59.6 Å². The predicted molar refractivity (Wildman–Crippen MR) is 137 cm³/mol. The van der Waals surface area contributed by atoms with Crippen LogP contribution < -0.4 is 15.5 Å². The zero-order valence-corrected chi connectivity index (χ0v) is 19.5. The van der Waals surface area contributed by atoms with Gasteiger partial charge in [-0.05, 0) is 54.2 Å². The summed E-state index contributed by atoms with van der Waals surface area (Å²) >= 11 is 18.8. The van der Waals surface area contributed by atoms with Crippen molar-refractivity contribution in [3.8, 4) is 5.75 Å². The van der Waals surface area contributed by atoms with Gasteiger partial charge in [0.1, 0.15) is 10.6 Å². The molecule has 0 aliphatic heterocycles. The van der Waals surface area contributed by atoms with E-state index < -0.39 is 5.97 Å². The minimum Gasteiger partial charge on any atom is -0.422 e. The van der Waals surface area contributed by atoms with E-state index >= 15 is 0 Å². The van der Waals surface area contributed by atoms with Crippen LogP contribution in [0.25, 0.3) is 10.1 Å². The number of hydrogen-bond donors (Lipinski definition) is 2. The number of fused-ring (bicyclic) bond motifs is 1. The Morgan fingerprint density at radius 3 is 2.66 bits per heavy atom. The average molecular weight is 500 g/mol. The maximum atomic E-state index is 12.6. The Morgan fingerprint density at radius 1 is 1.03 bits per heavy atom. The molecule has 0 unspecified atom stereocenters. The van der Waals surface area contributed by atoms with E-state index in [9.17, 15) is 4.79 Å². The standard InChI is InChI=1S/C23H15Cl2N3O2S2/c24-15-6-4-7-16(12-15)27-23(31)28-26-13-14-5-3-8-17(11-14)30-22(29)21-20(25)18-9-1-2-10-19(18)32-21/h1-13H,(H2,27,28,31)/b26-13-. The normalized spacial score (nSPS) is 10.9. The number of hydrogen-bond acceptors (Lipinski definition) is 5. The molecule has 32 heavy (non-hydrogen) atoms. The summed E-state index contributed by atoms with van der Waals surface area (Å²) in [6.07, 6.45) is 1.57. The van der Waals surface area contributed by atoms with Crippen LogP contribution in [-0.4, -0.2) is 17.3 Å². The monoisotopic (exact) mass is 499 g/mol. The number of anilines is 1. The maximum absolute atomic E-state index is 12.6. The topological polar surface area (TPSA) is 62.7 Å². The molecule has 0 bridgehead atoms. The minimum atomic E-state index is -0.504. The fraction of sp³-hybridized carbons (Fsp3) is 0. The summed E-state index contributed by atoms with van der Waals surface area (Å²) in [5, 5.41) is 9.24. The van der Waals surface area contributed by atoms with Crippen LogP contribution in [0.3, 0.4) is 0 Å². The van der Waals surface area contributed by atoms with Crippen LogP contribution in [0.2, 0.25) is 10.0 Å². The molecule has 0 aliphatic carbocycles. The predicted octanol–water partition coefficient (Wildman–Crippen LogP) is 6.75. The average Bonchev–Trinajstić information content (AvgIpc) is 3.11. The van der Waals surface area contributed by atoms with Crippen molar-refractivity contribution in [1.29, 1.82) is 0 Å². The van der Waals surface area contributed by atoms with E-state index in [-0.39, 0.29) is 0 Å². The van der Waals surface area contributed by atoms with Gasteiger partial charge < -0.3 is 10.1 Å². The summed E-state index contributed by atoms with van der Waals surface area (Å²) in [6, 6.07) is 21.7. The van der Waals surface area contributed by atoms with Crippen LogP contribution in [0.1, 0.15) is 15.2 Å². The highest BCUT2D eigenvalue weighted by Crippen LogP contribution is 2.35. The number of ether oxygens (including phenoxy) is 1. The molecule has 4 aromatic rings. The molecule has 4 rings (SSSR count). The molecule has 5 nitrogen and oxygen atoms in total. The van der Waals surface area contributed by atoms with Gasteiger partial charge in [0, 0.05) is 20.8 Å². The van der Waals surface area contributed by atoms with Crippen LogP contribution in [0.4, 0.5) is 5.69 Å². The highest BCUT2D eigenvalue weighted by molar-refractivity contribution is 7.80. The quantitative estimate of drug-likeness (QED) is 0.104. The Morgan fingerprint density at radius 2 is 1.84 bits per heavy atom. The van der Waals surface area contributed by atoms with Crippen molar-refractivity contribution in [2.75, 3.05) is 5.32 Å². The van der Waals surface area contributed by atoms with Gasteiger partial charge in [0.25, 0.3) is 0 Å². The van der Waals surface area contributed by atoms with E-state index in [0.29, 0.717) is 25.8 Å². The van der Waals surface area contributed by atoms with Crippen LogP contribution in [0.15, 0.2) is 77.9 Å². The highest BCUT2D eigenvalue weighted by Gasteiger charge is 2.19. The van der Waals surface area contributed by atoms with Crippen molar-refractivity contribution >= 4 is 79.8 Å². The summed E-state index contributed by atoms with van der Waals surface area (Å²) in [5.41, 5.74) is 4.20. The Hall–Kier alpha value is -2.97. The van der Waals surface area contributed by atoms with E-state index in [4.69, 9.17) is 40.2 Å². The molecule has 0 fully saturated rings. The number of rotatable bonds is 5. The molecule has 1 aromatic heterocycles. The van der Waals surface area contributed by atoms with Crippen LogP contribution >= 0.6 is 46.8 Å². The number of carbonyl (C=O) groups excluding carboxylic acids is 1. The number of thiophene rings is 1. The number of nitrogens with one attached hydrogen (secondary N) is 2. The fourth-order valence-electron chi connectivity index (χ4n) is 2.85. The summed E-state index contributed by atoms with van der Waals surface area (Å²) in [7, 11) is 0. The Balaban J connectivity index is 1.39. The third-order valence-corrected chi connectivity index (χ3v) is 6.34. The van der Waals surface area contributed by atoms with E-state index in [1.807, 2.05) is 42.5 Å². The first-order chi connectivity index (χ1) is 15.5. The minimum absolute atomic E-state index is 0.311. The number of halogens is 2. The molecule has 2 N–H and O–H groups in total. The zero-order chi connectivity index (χ0) is 22.5. The maximum Gasteiger partial charge on any atom is 0.355 e. The van der Waals surface area contributed by atoms with Crippen molar-refractivity contribution in [2.24, 2.45) is 5.10 Å². The lowest BCUT2D eigenvalue weighted by Gasteiger charge is -2.07. The second-order valence-electron chi connectivity index (χ2n) is 6.54. The number of benzene rings is 3. The van der Waals surface area contributed by atoms with Gasteiger partial charge >= 0.3 is 5.97 Å². The number of carbonyl (C=O) groups is 1.